The van der Waals surface area contributed by atoms with Gasteiger partial charge < -0.3 is 15.3 Å². The van der Waals surface area contributed by atoms with E-state index in [0.29, 0.717) is 0 Å². The van der Waals surface area contributed by atoms with Crippen molar-refractivity contribution in [2.24, 2.45) is 0 Å². The van der Waals surface area contributed by atoms with Crippen LogP contribution >= 0.6 is 15.9 Å². The van der Waals surface area contributed by atoms with Crippen LogP contribution in [0.5, 0.6) is 0 Å². The van der Waals surface area contributed by atoms with E-state index in [-0.39, 0.29) is 36.7 Å². The molecule has 2 fully saturated rings. The third-order valence-corrected chi connectivity index (χ3v) is 5.85. The van der Waals surface area contributed by atoms with Crippen molar-refractivity contribution < 1.29 is 9.90 Å². The molecule has 6 heteroatoms. The summed E-state index contributed by atoms with van der Waals surface area (Å²) in [5.74, 6) is 0.269. The summed E-state index contributed by atoms with van der Waals surface area (Å²) in [5.41, 5.74) is 1.24. The predicted molar refractivity (Wildman–Crippen MR) is 103 cm³/mol. The van der Waals surface area contributed by atoms with Gasteiger partial charge in [0.05, 0.1) is 6.61 Å². The second-order valence-corrected chi connectivity index (χ2v) is 8.31. The van der Waals surface area contributed by atoms with Gasteiger partial charge in [0.1, 0.15) is 0 Å². The summed E-state index contributed by atoms with van der Waals surface area (Å²) < 4.78 is 1.06. The van der Waals surface area contributed by atoms with Gasteiger partial charge in [-0.05, 0) is 50.9 Å². The largest absolute Gasteiger partial charge is 0.395 e. The fourth-order valence-electron chi connectivity index (χ4n) is 4.15. The highest BCUT2D eigenvalue weighted by molar-refractivity contribution is 9.10. The maximum atomic E-state index is 12.5. The Hall–Kier alpha value is -1.11. The molecule has 1 aromatic rings. The molecule has 0 saturated carbocycles. The van der Waals surface area contributed by atoms with Gasteiger partial charge in [-0.15, -0.1) is 0 Å². The molecule has 0 bridgehead atoms. The minimum absolute atomic E-state index is 0.0267. The van der Waals surface area contributed by atoms with Crippen molar-refractivity contribution in [2.75, 3.05) is 26.2 Å². The molecule has 0 spiro atoms. The van der Waals surface area contributed by atoms with E-state index in [1.165, 1.54) is 5.56 Å². The fourth-order valence-corrected chi connectivity index (χ4v) is 4.41. The average Bonchev–Trinajstić information content (AvgIpc) is 2.54. The average molecular weight is 410 g/mol. The summed E-state index contributed by atoms with van der Waals surface area (Å²) in [6.45, 7) is 6.67. The fraction of sp³-hybridized carbons (Fsp3) is 0.632. The highest BCUT2D eigenvalue weighted by atomic mass is 79.9. The molecule has 2 N–H and O–H groups in total. The van der Waals surface area contributed by atoms with Gasteiger partial charge in [0.25, 0.3) is 0 Å². The molecule has 138 valence electrons. The van der Waals surface area contributed by atoms with Crippen LogP contribution in [0.25, 0.3) is 0 Å². The minimum Gasteiger partial charge on any atom is -0.395 e. The zero-order chi connectivity index (χ0) is 18.0. The number of nitrogens with zero attached hydrogens (tertiary/aromatic N) is 2. The van der Waals surface area contributed by atoms with E-state index in [4.69, 9.17) is 0 Å². The highest BCUT2D eigenvalue weighted by Gasteiger charge is 2.49. The van der Waals surface area contributed by atoms with Crippen LogP contribution in [0.4, 0.5) is 4.79 Å². The number of carbonyl (C=O) groups is 1. The summed E-state index contributed by atoms with van der Waals surface area (Å²) in [6, 6.07) is 8.97. The summed E-state index contributed by atoms with van der Waals surface area (Å²) >= 11 is 3.49. The first-order valence-corrected chi connectivity index (χ1v) is 9.98. The molecule has 2 aliphatic heterocycles. The molecule has 2 amide bonds. The monoisotopic (exact) mass is 409 g/mol. The van der Waals surface area contributed by atoms with Crippen LogP contribution in [0.1, 0.15) is 38.2 Å². The van der Waals surface area contributed by atoms with E-state index >= 15 is 0 Å². The highest BCUT2D eigenvalue weighted by Crippen LogP contribution is 2.42. The molecular formula is C19H28BrN3O2. The summed E-state index contributed by atoms with van der Waals surface area (Å²) in [4.78, 5) is 16.9. The van der Waals surface area contributed by atoms with E-state index in [1.807, 2.05) is 18.7 Å². The van der Waals surface area contributed by atoms with Crippen molar-refractivity contribution in [1.29, 1.82) is 0 Å². The molecular weight excluding hydrogens is 382 g/mol. The SMILES string of the molecule is CC(C)NC(=O)N1CCCCN2[C@@H](CO)[C@@H](c3ccc(Br)cc3)[C@@H]2C1. The summed E-state index contributed by atoms with van der Waals surface area (Å²) in [5, 5.41) is 12.9. The molecule has 0 unspecified atom stereocenters. The molecule has 2 saturated heterocycles. The van der Waals surface area contributed by atoms with E-state index in [2.05, 4.69) is 50.4 Å². The van der Waals surface area contributed by atoms with Crippen LogP contribution in [0.2, 0.25) is 0 Å². The summed E-state index contributed by atoms with van der Waals surface area (Å²) in [6.07, 6.45) is 2.07. The van der Waals surface area contributed by atoms with Gasteiger partial charge in [0.15, 0.2) is 0 Å². The zero-order valence-corrected chi connectivity index (χ0v) is 16.6. The first-order valence-electron chi connectivity index (χ1n) is 9.18. The first kappa shape index (κ1) is 18.7. The predicted octanol–water partition coefficient (Wildman–Crippen LogP) is 2.79. The molecule has 0 radical (unpaired) electrons. The van der Waals surface area contributed by atoms with E-state index < -0.39 is 0 Å². The van der Waals surface area contributed by atoms with Gasteiger partial charge in [0, 0.05) is 41.6 Å². The molecule has 2 heterocycles. The van der Waals surface area contributed by atoms with Gasteiger partial charge >= 0.3 is 6.03 Å². The van der Waals surface area contributed by atoms with Crippen molar-refractivity contribution >= 4 is 22.0 Å². The van der Waals surface area contributed by atoms with E-state index in [0.717, 1.165) is 36.9 Å². The number of hydrogen-bond acceptors (Lipinski definition) is 3. The number of rotatable bonds is 3. The second kappa shape index (κ2) is 8.06. The quantitative estimate of drug-likeness (QED) is 0.806. The number of halogens is 1. The van der Waals surface area contributed by atoms with Gasteiger partial charge in [-0.1, -0.05) is 28.1 Å². The lowest BCUT2D eigenvalue weighted by atomic mass is 9.74. The molecule has 0 aromatic heterocycles. The lowest BCUT2D eigenvalue weighted by molar-refractivity contribution is -0.0591. The third kappa shape index (κ3) is 4.01. The number of aliphatic hydroxyl groups excluding tert-OH is 1. The van der Waals surface area contributed by atoms with Crippen molar-refractivity contribution in [3.63, 3.8) is 0 Å². The first-order chi connectivity index (χ1) is 12.0. The Bertz CT molecular complexity index is 593. The Kier molecular flexibility index (Phi) is 6.02. The van der Waals surface area contributed by atoms with Crippen LogP contribution < -0.4 is 5.32 Å². The lowest BCUT2D eigenvalue weighted by Gasteiger charge is -2.57. The Morgan fingerprint density at radius 3 is 2.60 bits per heavy atom. The molecule has 3 atom stereocenters. The molecule has 5 nitrogen and oxygen atoms in total. The second-order valence-electron chi connectivity index (χ2n) is 7.39. The van der Waals surface area contributed by atoms with Gasteiger partial charge in [-0.3, -0.25) is 4.90 Å². The topological polar surface area (TPSA) is 55.8 Å². The van der Waals surface area contributed by atoms with Crippen LogP contribution in [-0.4, -0.2) is 65.3 Å². The number of aliphatic hydroxyl groups is 1. The Morgan fingerprint density at radius 2 is 1.96 bits per heavy atom. The van der Waals surface area contributed by atoms with Gasteiger partial charge in [-0.25, -0.2) is 4.79 Å². The van der Waals surface area contributed by atoms with E-state index in [9.17, 15) is 9.90 Å². The maximum absolute atomic E-state index is 12.5. The normalized spacial score (nSPS) is 27.2. The number of amides is 2. The van der Waals surface area contributed by atoms with Crippen LogP contribution in [-0.2, 0) is 0 Å². The van der Waals surface area contributed by atoms with Gasteiger partial charge in [0.2, 0.25) is 0 Å². The van der Waals surface area contributed by atoms with Gasteiger partial charge in [-0.2, -0.15) is 0 Å². The Balaban J connectivity index is 1.80. The number of urea groups is 1. The number of carbonyl (C=O) groups excluding carboxylic acids is 1. The Labute approximate surface area is 158 Å². The Morgan fingerprint density at radius 1 is 1.28 bits per heavy atom. The third-order valence-electron chi connectivity index (χ3n) is 5.32. The molecule has 0 aliphatic carbocycles. The van der Waals surface area contributed by atoms with Crippen molar-refractivity contribution in [3.05, 3.63) is 34.3 Å². The summed E-state index contributed by atoms with van der Waals surface area (Å²) in [7, 11) is 0. The van der Waals surface area contributed by atoms with Crippen molar-refractivity contribution in [1.82, 2.24) is 15.1 Å². The number of benzene rings is 1. The van der Waals surface area contributed by atoms with Crippen molar-refractivity contribution in [2.45, 2.75) is 50.7 Å². The lowest BCUT2D eigenvalue weighted by Crippen LogP contribution is -2.68. The number of nitrogens with one attached hydrogen (secondary N) is 1. The maximum Gasteiger partial charge on any atom is 0.317 e. The molecule has 25 heavy (non-hydrogen) atoms. The van der Waals surface area contributed by atoms with Crippen molar-refractivity contribution in [3.8, 4) is 0 Å². The van der Waals surface area contributed by atoms with Crippen LogP contribution in [0.3, 0.4) is 0 Å². The molecule has 3 rings (SSSR count). The molecule has 1 aromatic carbocycles. The minimum atomic E-state index is 0.0267. The zero-order valence-electron chi connectivity index (χ0n) is 15.0. The number of fused-ring (bicyclic) bond motifs is 1. The molecule has 2 aliphatic rings. The van der Waals surface area contributed by atoms with Crippen LogP contribution in [0.15, 0.2) is 28.7 Å². The van der Waals surface area contributed by atoms with E-state index in [1.54, 1.807) is 0 Å². The standard InChI is InChI=1S/C19H28BrN3O2/c1-13(2)21-19(25)22-9-3-4-10-23-16(11-22)18(17(23)12-24)14-5-7-15(20)8-6-14/h5-8,13,16-18,24H,3-4,9-12H2,1-2H3,(H,21,25)/t16-,17-,18-/m0/s1. The van der Waals surface area contributed by atoms with Crippen LogP contribution in [0, 0.1) is 0 Å². The smallest absolute Gasteiger partial charge is 0.317 e. The number of hydrogen-bond donors (Lipinski definition) is 2.